The smallest absolute Gasteiger partial charge is 0.358 e. The molecule has 1 aromatic heterocycles. The number of nitrogens with one attached hydrogen (secondary N) is 1. The lowest BCUT2D eigenvalue weighted by atomic mass is 10.3. The van der Waals surface area contributed by atoms with Gasteiger partial charge in [0.15, 0.2) is 11.5 Å². The maximum atomic E-state index is 13.5. The predicted octanol–water partition coefficient (Wildman–Crippen LogP) is 2.94. The number of nitrogens with zero attached hydrogens (tertiary/aromatic N) is 2. The van der Waals surface area contributed by atoms with Crippen molar-refractivity contribution in [3.8, 4) is 0 Å². The maximum absolute atomic E-state index is 13.5. The molecule has 0 radical (unpaired) electrons. The second-order valence-corrected chi connectivity index (χ2v) is 4.06. The van der Waals surface area contributed by atoms with E-state index in [0.29, 0.717) is 6.07 Å². The van der Waals surface area contributed by atoms with Crippen molar-refractivity contribution in [1.29, 1.82) is 0 Å². The summed E-state index contributed by atoms with van der Waals surface area (Å²) in [6.45, 7) is 0. The van der Waals surface area contributed by atoms with Gasteiger partial charge in [0.1, 0.15) is 11.6 Å². The SMILES string of the molecule is COC(=O)c1cnc(Nc2c(F)cc(F)cc2Cl)cn1. The molecule has 1 N–H and O–H groups in total. The van der Waals surface area contributed by atoms with Crippen molar-refractivity contribution in [2.24, 2.45) is 0 Å². The van der Waals surface area contributed by atoms with Gasteiger partial charge in [0.05, 0.1) is 30.2 Å². The van der Waals surface area contributed by atoms with Crippen LogP contribution in [0.15, 0.2) is 24.5 Å². The summed E-state index contributed by atoms with van der Waals surface area (Å²) >= 11 is 5.72. The molecule has 104 valence electrons. The normalized spacial score (nSPS) is 10.2. The second-order valence-electron chi connectivity index (χ2n) is 3.65. The van der Waals surface area contributed by atoms with Crippen molar-refractivity contribution < 1.29 is 18.3 Å². The van der Waals surface area contributed by atoms with Crippen molar-refractivity contribution in [2.75, 3.05) is 12.4 Å². The summed E-state index contributed by atoms with van der Waals surface area (Å²) < 4.78 is 30.9. The Hall–Kier alpha value is -2.28. The molecule has 0 saturated carbocycles. The molecule has 0 atom stereocenters. The third kappa shape index (κ3) is 3.00. The Balaban J connectivity index is 2.25. The number of carbonyl (C=O) groups is 1. The predicted molar refractivity (Wildman–Crippen MR) is 68.0 cm³/mol. The highest BCUT2D eigenvalue weighted by Gasteiger charge is 2.12. The van der Waals surface area contributed by atoms with Gasteiger partial charge in [-0.25, -0.2) is 23.5 Å². The van der Waals surface area contributed by atoms with Crippen molar-refractivity contribution in [2.45, 2.75) is 0 Å². The summed E-state index contributed by atoms with van der Waals surface area (Å²) in [6.07, 6.45) is 2.36. The molecule has 2 aromatic rings. The van der Waals surface area contributed by atoms with Gasteiger partial charge in [-0.15, -0.1) is 0 Å². The topological polar surface area (TPSA) is 64.1 Å². The van der Waals surface area contributed by atoms with Crippen molar-refractivity contribution >= 4 is 29.1 Å². The van der Waals surface area contributed by atoms with E-state index in [9.17, 15) is 13.6 Å². The largest absolute Gasteiger partial charge is 0.464 e. The Kier molecular flexibility index (Phi) is 4.09. The average molecular weight is 300 g/mol. The van der Waals surface area contributed by atoms with Crippen molar-refractivity contribution in [3.05, 3.63) is 46.9 Å². The number of esters is 1. The van der Waals surface area contributed by atoms with Crippen LogP contribution in [0.4, 0.5) is 20.3 Å². The molecule has 5 nitrogen and oxygen atoms in total. The van der Waals surface area contributed by atoms with E-state index in [1.165, 1.54) is 13.3 Å². The first-order chi connectivity index (χ1) is 9.51. The lowest BCUT2D eigenvalue weighted by Gasteiger charge is -2.08. The molecule has 1 aromatic carbocycles. The number of anilines is 2. The van der Waals surface area contributed by atoms with E-state index in [2.05, 4.69) is 20.0 Å². The fourth-order valence-corrected chi connectivity index (χ4v) is 1.63. The Morgan fingerprint density at radius 3 is 2.60 bits per heavy atom. The average Bonchev–Trinajstić information content (AvgIpc) is 2.42. The van der Waals surface area contributed by atoms with E-state index >= 15 is 0 Å². The Morgan fingerprint density at radius 1 is 1.30 bits per heavy atom. The number of ether oxygens (including phenoxy) is 1. The Morgan fingerprint density at radius 2 is 2.05 bits per heavy atom. The second kappa shape index (κ2) is 5.79. The minimum absolute atomic E-state index is 0.00345. The first-order valence-electron chi connectivity index (χ1n) is 5.33. The van der Waals surface area contributed by atoms with Gasteiger partial charge in [0.25, 0.3) is 0 Å². The molecular formula is C12H8ClF2N3O2. The van der Waals surface area contributed by atoms with Crippen LogP contribution >= 0.6 is 11.6 Å². The molecule has 0 unspecified atom stereocenters. The number of hydrogen-bond donors (Lipinski definition) is 1. The standard InChI is InChI=1S/C12H8ClF2N3O2/c1-20-12(19)9-4-17-10(5-16-9)18-11-7(13)2-6(14)3-8(11)15/h2-5H,1H3,(H,17,18). The van der Waals surface area contributed by atoms with Crippen LogP contribution in [0, 0.1) is 11.6 Å². The number of aromatic nitrogens is 2. The van der Waals surface area contributed by atoms with Crippen LogP contribution in [0.3, 0.4) is 0 Å². The van der Waals surface area contributed by atoms with E-state index in [0.717, 1.165) is 12.3 Å². The van der Waals surface area contributed by atoms with Crippen LogP contribution in [0.1, 0.15) is 10.5 Å². The van der Waals surface area contributed by atoms with Gasteiger partial charge in [-0.05, 0) is 6.07 Å². The molecule has 20 heavy (non-hydrogen) atoms. The van der Waals surface area contributed by atoms with Gasteiger partial charge >= 0.3 is 5.97 Å². The summed E-state index contributed by atoms with van der Waals surface area (Å²) in [6, 6.07) is 1.65. The summed E-state index contributed by atoms with van der Waals surface area (Å²) in [5.41, 5.74) is -0.128. The monoisotopic (exact) mass is 299 g/mol. The van der Waals surface area contributed by atoms with Crippen LogP contribution < -0.4 is 5.32 Å². The molecule has 8 heteroatoms. The van der Waals surface area contributed by atoms with Crippen molar-refractivity contribution in [1.82, 2.24) is 9.97 Å². The first kappa shape index (κ1) is 14.1. The van der Waals surface area contributed by atoms with Crippen LogP contribution in [0.5, 0.6) is 0 Å². The molecule has 2 rings (SSSR count). The summed E-state index contributed by atoms with van der Waals surface area (Å²) in [4.78, 5) is 18.8. The van der Waals surface area contributed by atoms with Crippen LogP contribution in [-0.2, 0) is 4.74 Å². The number of hydrogen-bond acceptors (Lipinski definition) is 5. The van der Waals surface area contributed by atoms with E-state index in [1.807, 2.05) is 0 Å². The van der Waals surface area contributed by atoms with Crippen LogP contribution in [0.2, 0.25) is 5.02 Å². The molecule has 0 amide bonds. The third-order valence-electron chi connectivity index (χ3n) is 2.31. The van der Waals surface area contributed by atoms with Gasteiger partial charge in [-0.3, -0.25) is 0 Å². The van der Waals surface area contributed by atoms with Crippen LogP contribution in [0.25, 0.3) is 0 Å². The van der Waals surface area contributed by atoms with E-state index in [-0.39, 0.29) is 22.2 Å². The lowest BCUT2D eigenvalue weighted by molar-refractivity contribution is 0.0593. The number of halogens is 3. The highest BCUT2D eigenvalue weighted by molar-refractivity contribution is 6.33. The molecule has 0 aliphatic carbocycles. The minimum Gasteiger partial charge on any atom is -0.464 e. The summed E-state index contributed by atoms with van der Waals surface area (Å²) in [5.74, 6) is -2.15. The zero-order valence-electron chi connectivity index (χ0n) is 10.2. The van der Waals surface area contributed by atoms with Gasteiger partial charge in [0.2, 0.25) is 0 Å². The molecule has 1 heterocycles. The number of carbonyl (C=O) groups excluding carboxylic acids is 1. The third-order valence-corrected chi connectivity index (χ3v) is 2.60. The minimum atomic E-state index is -0.867. The highest BCUT2D eigenvalue weighted by Crippen LogP contribution is 2.28. The fourth-order valence-electron chi connectivity index (χ4n) is 1.39. The van der Waals surface area contributed by atoms with Gasteiger partial charge < -0.3 is 10.1 Å². The summed E-state index contributed by atoms with van der Waals surface area (Å²) in [7, 11) is 1.21. The Labute approximate surface area is 117 Å². The van der Waals surface area contributed by atoms with E-state index in [1.54, 1.807) is 0 Å². The van der Waals surface area contributed by atoms with Gasteiger partial charge in [-0.2, -0.15) is 0 Å². The molecule has 0 spiro atoms. The molecular weight excluding hydrogens is 292 g/mol. The zero-order valence-corrected chi connectivity index (χ0v) is 10.9. The molecule has 0 bridgehead atoms. The van der Waals surface area contributed by atoms with E-state index in [4.69, 9.17) is 11.6 Å². The van der Waals surface area contributed by atoms with Crippen LogP contribution in [-0.4, -0.2) is 23.0 Å². The first-order valence-corrected chi connectivity index (χ1v) is 5.71. The quantitative estimate of drug-likeness (QED) is 0.883. The maximum Gasteiger partial charge on any atom is 0.358 e. The van der Waals surface area contributed by atoms with E-state index < -0.39 is 17.6 Å². The number of benzene rings is 1. The van der Waals surface area contributed by atoms with Gasteiger partial charge in [0, 0.05) is 6.07 Å². The highest BCUT2D eigenvalue weighted by atomic mass is 35.5. The lowest BCUT2D eigenvalue weighted by Crippen LogP contribution is -2.06. The number of rotatable bonds is 3. The molecule has 0 fully saturated rings. The molecule has 0 aliphatic heterocycles. The van der Waals surface area contributed by atoms with Gasteiger partial charge in [-0.1, -0.05) is 11.6 Å². The molecule has 0 saturated heterocycles. The van der Waals surface area contributed by atoms with Crippen molar-refractivity contribution in [3.63, 3.8) is 0 Å². The Bertz CT molecular complexity index is 627. The fraction of sp³-hybridized carbons (Fsp3) is 0.0833. The number of methoxy groups -OCH3 is 1. The molecule has 0 aliphatic rings. The zero-order chi connectivity index (χ0) is 14.7. The summed E-state index contributed by atoms with van der Waals surface area (Å²) in [5, 5.41) is 2.41.